The minimum atomic E-state index is -4.38. The number of hydrogen-bond acceptors (Lipinski definition) is 7. The van der Waals surface area contributed by atoms with E-state index in [2.05, 4.69) is 50.3 Å². The number of nitrogens with zero attached hydrogens (tertiary/aromatic N) is 1. The molecule has 0 radical (unpaired) electrons. The summed E-state index contributed by atoms with van der Waals surface area (Å²) in [6, 6.07) is 0. The highest BCUT2D eigenvalue weighted by atomic mass is 31.2. The Hall–Kier alpha value is -1.77. The number of likely N-dealkylation sites (N-methyl/N-ethyl adjacent to an activating group) is 1. The van der Waals surface area contributed by atoms with Gasteiger partial charge in [-0.05, 0) is 64.2 Å². The largest absolute Gasteiger partial charge is 0.472 e. The second-order valence-electron chi connectivity index (χ2n) is 17.8. The van der Waals surface area contributed by atoms with Crippen molar-refractivity contribution in [3.05, 3.63) is 36.5 Å². The van der Waals surface area contributed by atoms with Gasteiger partial charge in [0.25, 0.3) is 0 Å². The van der Waals surface area contributed by atoms with Crippen molar-refractivity contribution in [3.8, 4) is 0 Å². The molecule has 0 aromatic heterocycles. The number of phosphoric acid groups is 1. The molecule has 0 saturated heterocycles. The van der Waals surface area contributed by atoms with Gasteiger partial charge in [0.1, 0.15) is 19.8 Å². The smallest absolute Gasteiger partial charge is 0.462 e. The maximum atomic E-state index is 12.7. The van der Waals surface area contributed by atoms with Crippen molar-refractivity contribution in [2.45, 2.75) is 225 Å². The zero-order valence-electron chi connectivity index (χ0n) is 39.7. The summed E-state index contributed by atoms with van der Waals surface area (Å²) in [5.41, 5.74) is 0. The number of quaternary nitrogens is 1. The molecule has 0 bridgehead atoms. The fourth-order valence-corrected chi connectivity index (χ4v) is 7.47. The molecule has 0 spiro atoms. The van der Waals surface area contributed by atoms with Crippen molar-refractivity contribution in [2.24, 2.45) is 0 Å². The quantitative estimate of drug-likeness (QED) is 0.0212. The van der Waals surface area contributed by atoms with Crippen molar-refractivity contribution in [1.82, 2.24) is 0 Å². The second kappa shape index (κ2) is 42.5. The van der Waals surface area contributed by atoms with E-state index in [9.17, 15) is 19.0 Å². The number of allylic oxidation sites excluding steroid dienone is 6. The van der Waals surface area contributed by atoms with Gasteiger partial charge in [0.2, 0.25) is 0 Å². The SMILES string of the molecule is CCCC/C=C\CCCCCCCC(=O)OCC(COP(=O)(O)OCC[N+](C)(C)C)OC(=O)CCCCCCCCCCCCCCC/C=C\C/C=C\CCCCCCC. The van der Waals surface area contributed by atoms with Gasteiger partial charge in [0.15, 0.2) is 6.10 Å². The van der Waals surface area contributed by atoms with Gasteiger partial charge in [-0.15, -0.1) is 0 Å². The normalized spacial score (nSPS) is 13.8. The van der Waals surface area contributed by atoms with E-state index in [1.54, 1.807) is 0 Å². The summed E-state index contributed by atoms with van der Waals surface area (Å²) in [6.07, 6.45) is 49.2. The first-order valence-corrected chi connectivity index (χ1v) is 26.2. The van der Waals surface area contributed by atoms with Crippen LogP contribution in [0.25, 0.3) is 0 Å². The number of unbranched alkanes of at least 4 members (excludes halogenated alkanes) is 25. The van der Waals surface area contributed by atoms with Crippen LogP contribution in [-0.2, 0) is 32.7 Å². The highest BCUT2D eigenvalue weighted by Gasteiger charge is 2.27. The third-order valence-corrected chi connectivity index (χ3v) is 11.6. The van der Waals surface area contributed by atoms with Crippen molar-refractivity contribution in [2.75, 3.05) is 47.5 Å². The summed E-state index contributed by atoms with van der Waals surface area (Å²) in [7, 11) is 1.47. The predicted molar refractivity (Wildman–Crippen MR) is 252 cm³/mol. The summed E-state index contributed by atoms with van der Waals surface area (Å²) >= 11 is 0. The van der Waals surface area contributed by atoms with Crippen molar-refractivity contribution < 1.29 is 42.1 Å². The molecule has 60 heavy (non-hydrogen) atoms. The zero-order chi connectivity index (χ0) is 44.3. The van der Waals surface area contributed by atoms with Crippen molar-refractivity contribution in [1.29, 1.82) is 0 Å². The maximum Gasteiger partial charge on any atom is 0.472 e. The molecule has 0 rings (SSSR count). The van der Waals surface area contributed by atoms with E-state index in [-0.39, 0.29) is 32.0 Å². The minimum Gasteiger partial charge on any atom is -0.462 e. The van der Waals surface area contributed by atoms with Crippen LogP contribution >= 0.6 is 7.82 Å². The Bertz CT molecular complexity index is 1120. The molecule has 2 unspecified atom stereocenters. The van der Waals surface area contributed by atoms with Gasteiger partial charge in [0, 0.05) is 12.8 Å². The molecular formula is C50H95NO8P+. The van der Waals surface area contributed by atoms with Crippen LogP contribution in [0.2, 0.25) is 0 Å². The van der Waals surface area contributed by atoms with Gasteiger partial charge in [-0.2, -0.15) is 0 Å². The van der Waals surface area contributed by atoms with Crippen LogP contribution in [0, 0.1) is 0 Å². The summed E-state index contributed by atoms with van der Waals surface area (Å²) in [5.74, 6) is -0.806. The van der Waals surface area contributed by atoms with Crippen LogP contribution in [-0.4, -0.2) is 74.9 Å². The Balaban J connectivity index is 4.16. The van der Waals surface area contributed by atoms with E-state index in [1.165, 1.54) is 122 Å². The molecule has 0 aromatic rings. The molecule has 0 saturated carbocycles. The average Bonchev–Trinajstić information content (AvgIpc) is 3.20. The van der Waals surface area contributed by atoms with Gasteiger partial charge in [-0.25, -0.2) is 4.57 Å². The van der Waals surface area contributed by atoms with Gasteiger partial charge >= 0.3 is 19.8 Å². The lowest BCUT2D eigenvalue weighted by Gasteiger charge is -2.24. The molecule has 0 amide bonds. The number of rotatable bonds is 45. The van der Waals surface area contributed by atoms with Crippen LogP contribution in [0.5, 0.6) is 0 Å². The van der Waals surface area contributed by atoms with Crippen molar-refractivity contribution >= 4 is 19.8 Å². The lowest BCUT2D eigenvalue weighted by Crippen LogP contribution is -2.37. The third kappa shape index (κ3) is 45.7. The van der Waals surface area contributed by atoms with Gasteiger partial charge in [-0.3, -0.25) is 18.6 Å². The summed E-state index contributed by atoms with van der Waals surface area (Å²) in [6.45, 7) is 4.38. The molecule has 352 valence electrons. The predicted octanol–water partition coefficient (Wildman–Crippen LogP) is 14.5. The van der Waals surface area contributed by atoms with E-state index in [1.807, 2.05) is 21.1 Å². The molecule has 0 aromatic carbocycles. The number of esters is 2. The van der Waals surface area contributed by atoms with E-state index in [0.29, 0.717) is 17.4 Å². The molecule has 0 aliphatic heterocycles. The maximum absolute atomic E-state index is 12.7. The average molecular weight is 869 g/mol. The first-order chi connectivity index (χ1) is 29.0. The summed E-state index contributed by atoms with van der Waals surface area (Å²) in [4.78, 5) is 35.4. The van der Waals surface area contributed by atoms with E-state index >= 15 is 0 Å². The first kappa shape index (κ1) is 58.2. The fourth-order valence-electron chi connectivity index (χ4n) is 6.73. The number of carbonyl (C=O) groups is 2. The van der Waals surface area contributed by atoms with E-state index in [0.717, 1.165) is 64.2 Å². The molecular weight excluding hydrogens is 774 g/mol. The standard InChI is InChI=1S/C50H94NO8P/c1-6-8-10-12-14-16-18-19-20-21-22-23-24-25-26-27-28-29-30-31-33-35-37-39-41-43-50(53)59-48(47-58-60(54,55)57-45-44-51(3,4)5)46-56-49(52)42-40-38-36-34-32-17-15-13-11-9-7-2/h13,15,18-19,21-22,48H,6-12,14,16-17,20,23-47H2,1-5H3/p+1/b15-13-,19-18-,22-21-. The molecule has 0 aliphatic carbocycles. The lowest BCUT2D eigenvalue weighted by molar-refractivity contribution is -0.870. The number of hydrogen-bond donors (Lipinski definition) is 1. The Morgan fingerprint density at radius 3 is 1.38 bits per heavy atom. The number of carbonyl (C=O) groups excluding carboxylic acids is 2. The van der Waals surface area contributed by atoms with E-state index < -0.39 is 26.5 Å². The third-order valence-electron chi connectivity index (χ3n) is 10.6. The molecule has 2 atom stereocenters. The number of phosphoric ester groups is 1. The van der Waals surface area contributed by atoms with Gasteiger partial charge in [-0.1, -0.05) is 179 Å². The Morgan fingerprint density at radius 1 is 0.517 bits per heavy atom. The Kier molecular flexibility index (Phi) is 41.3. The van der Waals surface area contributed by atoms with E-state index in [4.69, 9.17) is 18.5 Å². The minimum absolute atomic E-state index is 0.0307. The zero-order valence-corrected chi connectivity index (χ0v) is 40.6. The van der Waals surface area contributed by atoms with Crippen LogP contribution in [0.4, 0.5) is 0 Å². The first-order valence-electron chi connectivity index (χ1n) is 24.7. The van der Waals surface area contributed by atoms with Crippen LogP contribution < -0.4 is 0 Å². The molecule has 9 nitrogen and oxygen atoms in total. The molecule has 0 heterocycles. The second-order valence-corrected chi connectivity index (χ2v) is 19.3. The summed E-state index contributed by atoms with van der Waals surface area (Å²) in [5, 5.41) is 0. The number of ether oxygens (including phenoxy) is 2. The Labute approximate surface area is 370 Å². The van der Waals surface area contributed by atoms with Crippen LogP contribution in [0.3, 0.4) is 0 Å². The van der Waals surface area contributed by atoms with Crippen molar-refractivity contribution in [3.63, 3.8) is 0 Å². The monoisotopic (exact) mass is 869 g/mol. The van der Waals surface area contributed by atoms with Crippen LogP contribution in [0.1, 0.15) is 219 Å². The van der Waals surface area contributed by atoms with Gasteiger partial charge < -0.3 is 18.9 Å². The molecule has 0 aliphatic rings. The fraction of sp³-hybridized carbons (Fsp3) is 0.840. The topological polar surface area (TPSA) is 108 Å². The molecule has 0 fully saturated rings. The highest BCUT2D eigenvalue weighted by molar-refractivity contribution is 7.47. The lowest BCUT2D eigenvalue weighted by atomic mass is 10.0. The molecule has 1 N–H and O–H groups in total. The van der Waals surface area contributed by atoms with Crippen LogP contribution in [0.15, 0.2) is 36.5 Å². The Morgan fingerprint density at radius 2 is 0.917 bits per heavy atom. The molecule has 10 heteroatoms. The highest BCUT2D eigenvalue weighted by Crippen LogP contribution is 2.43. The van der Waals surface area contributed by atoms with Gasteiger partial charge in [0.05, 0.1) is 27.7 Å². The summed E-state index contributed by atoms with van der Waals surface area (Å²) < 4.78 is 34.3.